The van der Waals surface area contributed by atoms with Crippen LogP contribution in [0.4, 0.5) is 0 Å². The number of benzene rings is 1. The zero-order valence-electron chi connectivity index (χ0n) is 15.7. The lowest BCUT2D eigenvalue weighted by Crippen LogP contribution is -2.39. The fourth-order valence-electron chi connectivity index (χ4n) is 4.06. The van der Waals surface area contributed by atoms with E-state index in [4.69, 9.17) is 4.74 Å². The van der Waals surface area contributed by atoms with E-state index in [1.807, 2.05) is 30.5 Å². The van der Waals surface area contributed by atoms with E-state index in [2.05, 4.69) is 26.9 Å². The molecule has 0 aliphatic carbocycles. The summed E-state index contributed by atoms with van der Waals surface area (Å²) >= 11 is 0. The van der Waals surface area contributed by atoms with Gasteiger partial charge in [0.1, 0.15) is 5.75 Å². The molecule has 0 saturated carbocycles. The number of hydrogen-bond acceptors (Lipinski definition) is 4. The zero-order valence-corrected chi connectivity index (χ0v) is 15.7. The highest BCUT2D eigenvalue weighted by atomic mass is 16.5. The normalized spacial score (nSPS) is 20.9. The molecule has 1 aromatic heterocycles. The molecule has 0 radical (unpaired) electrons. The molecule has 0 spiro atoms. The number of carbonyl (C=O) groups excluding carboxylic acids is 1. The molecule has 0 N–H and O–H groups in total. The van der Waals surface area contributed by atoms with Crippen LogP contribution in [0.15, 0.2) is 48.8 Å². The van der Waals surface area contributed by atoms with Gasteiger partial charge in [0.2, 0.25) is 5.91 Å². The summed E-state index contributed by atoms with van der Waals surface area (Å²) in [5.74, 6) is 1.25. The third-order valence-corrected chi connectivity index (χ3v) is 5.54. The van der Waals surface area contributed by atoms with Crippen LogP contribution in [0.25, 0.3) is 0 Å². The summed E-state index contributed by atoms with van der Waals surface area (Å²) in [5.41, 5.74) is 2.39. The topological polar surface area (TPSA) is 45.7 Å². The molecule has 2 aromatic rings. The van der Waals surface area contributed by atoms with Crippen molar-refractivity contribution in [3.63, 3.8) is 0 Å². The largest absolute Gasteiger partial charge is 0.493 e. The molecular formula is C22H27N3O2. The highest BCUT2D eigenvalue weighted by Crippen LogP contribution is 2.28. The lowest BCUT2D eigenvalue weighted by atomic mass is 9.95. The van der Waals surface area contributed by atoms with Crippen LogP contribution in [-0.4, -0.2) is 53.5 Å². The molecule has 1 fully saturated rings. The van der Waals surface area contributed by atoms with Gasteiger partial charge < -0.3 is 9.64 Å². The number of nitrogens with zero attached hydrogens (tertiary/aromatic N) is 3. The Kier molecular flexibility index (Phi) is 5.68. The van der Waals surface area contributed by atoms with E-state index in [9.17, 15) is 4.79 Å². The second-order valence-corrected chi connectivity index (χ2v) is 7.46. The van der Waals surface area contributed by atoms with Crippen LogP contribution in [0.2, 0.25) is 0 Å². The average Bonchev–Trinajstić information content (AvgIpc) is 3.07. The van der Waals surface area contributed by atoms with Crippen LogP contribution in [0.1, 0.15) is 24.0 Å². The van der Waals surface area contributed by atoms with Crippen molar-refractivity contribution in [3.05, 3.63) is 59.9 Å². The van der Waals surface area contributed by atoms with Gasteiger partial charge >= 0.3 is 0 Å². The summed E-state index contributed by atoms with van der Waals surface area (Å²) in [6, 6.07) is 12.2. The first-order chi connectivity index (χ1) is 13.3. The molecule has 1 saturated heterocycles. The predicted molar refractivity (Wildman–Crippen MR) is 104 cm³/mol. The summed E-state index contributed by atoms with van der Waals surface area (Å²) in [7, 11) is 0. The number of carbonyl (C=O) groups is 1. The molecule has 1 unspecified atom stereocenters. The van der Waals surface area contributed by atoms with Gasteiger partial charge in [-0.05, 0) is 42.5 Å². The quantitative estimate of drug-likeness (QED) is 0.839. The monoisotopic (exact) mass is 365 g/mol. The van der Waals surface area contributed by atoms with Gasteiger partial charge in [-0.3, -0.25) is 14.7 Å². The minimum Gasteiger partial charge on any atom is -0.493 e. The smallest absolute Gasteiger partial charge is 0.226 e. The first-order valence-electron chi connectivity index (χ1n) is 9.90. The van der Waals surface area contributed by atoms with E-state index in [-0.39, 0.29) is 5.92 Å². The van der Waals surface area contributed by atoms with E-state index >= 15 is 0 Å². The minimum atomic E-state index is 0.0264. The number of hydrogen-bond donors (Lipinski definition) is 0. The number of rotatable bonds is 3. The molecule has 1 aromatic carbocycles. The third kappa shape index (κ3) is 4.48. The molecule has 1 atom stereocenters. The van der Waals surface area contributed by atoms with E-state index in [0.29, 0.717) is 12.5 Å². The SMILES string of the molecule is O=C(C1CCOc2ccccc2C1)N1CCCN(Cc2cccnc2)CC1. The number of pyridine rings is 1. The Morgan fingerprint density at radius 2 is 2.04 bits per heavy atom. The predicted octanol–water partition coefficient (Wildman–Crippen LogP) is 2.76. The molecule has 4 rings (SSSR count). The lowest BCUT2D eigenvalue weighted by molar-refractivity contribution is -0.135. The van der Waals surface area contributed by atoms with Gasteiger partial charge in [-0.2, -0.15) is 0 Å². The van der Waals surface area contributed by atoms with E-state index < -0.39 is 0 Å². The highest BCUT2D eigenvalue weighted by molar-refractivity contribution is 5.79. The highest BCUT2D eigenvalue weighted by Gasteiger charge is 2.28. The molecule has 2 aliphatic heterocycles. The number of para-hydroxylation sites is 1. The van der Waals surface area contributed by atoms with Crippen LogP contribution >= 0.6 is 0 Å². The van der Waals surface area contributed by atoms with Gasteiger partial charge in [0.25, 0.3) is 0 Å². The zero-order chi connectivity index (χ0) is 18.5. The Morgan fingerprint density at radius 3 is 2.93 bits per heavy atom. The van der Waals surface area contributed by atoms with Gasteiger partial charge in [0.15, 0.2) is 0 Å². The van der Waals surface area contributed by atoms with Crippen LogP contribution in [-0.2, 0) is 17.8 Å². The summed E-state index contributed by atoms with van der Waals surface area (Å²) < 4.78 is 5.84. The van der Waals surface area contributed by atoms with E-state index in [1.54, 1.807) is 6.20 Å². The number of amides is 1. The van der Waals surface area contributed by atoms with Crippen LogP contribution in [0, 0.1) is 5.92 Å². The first kappa shape index (κ1) is 18.0. The summed E-state index contributed by atoms with van der Waals surface area (Å²) in [5, 5.41) is 0. The Morgan fingerprint density at radius 1 is 1.11 bits per heavy atom. The summed E-state index contributed by atoms with van der Waals surface area (Å²) in [6.07, 6.45) is 6.33. The number of ether oxygens (including phenoxy) is 1. The molecule has 5 heteroatoms. The number of aromatic nitrogens is 1. The van der Waals surface area contributed by atoms with Gasteiger partial charge in [-0.1, -0.05) is 24.3 Å². The second kappa shape index (κ2) is 8.53. The van der Waals surface area contributed by atoms with Crippen molar-refractivity contribution in [2.75, 3.05) is 32.8 Å². The Hall–Kier alpha value is -2.40. The van der Waals surface area contributed by atoms with Crippen molar-refractivity contribution < 1.29 is 9.53 Å². The van der Waals surface area contributed by atoms with E-state index in [0.717, 1.165) is 63.3 Å². The molecule has 142 valence electrons. The van der Waals surface area contributed by atoms with Crippen molar-refractivity contribution in [1.29, 1.82) is 0 Å². The van der Waals surface area contributed by atoms with Crippen molar-refractivity contribution >= 4 is 5.91 Å². The van der Waals surface area contributed by atoms with Crippen LogP contribution in [0.5, 0.6) is 5.75 Å². The molecule has 5 nitrogen and oxygen atoms in total. The van der Waals surface area contributed by atoms with Gasteiger partial charge in [0, 0.05) is 51.0 Å². The Bertz CT molecular complexity index is 765. The van der Waals surface area contributed by atoms with Gasteiger partial charge in [-0.25, -0.2) is 0 Å². The third-order valence-electron chi connectivity index (χ3n) is 5.54. The van der Waals surface area contributed by atoms with Crippen molar-refractivity contribution in [1.82, 2.24) is 14.8 Å². The van der Waals surface area contributed by atoms with Gasteiger partial charge in [-0.15, -0.1) is 0 Å². The fraction of sp³-hybridized carbons (Fsp3) is 0.455. The molecule has 1 amide bonds. The first-order valence-corrected chi connectivity index (χ1v) is 9.90. The molecule has 3 heterocycles. The average molecular weight is 365 g/mol. The maximum absolute atomic E-state index is 13.2. The summed E-state index contributed by atoms with van der Waals surface area (Å²) in [6.45, 7) is 5.12. The number of fused-ring (bicyclic) bond motifs is 1. The van der Waals surface area contributed by atoms with E-state index in [1.165, 1.54) is 5.56 Å². The maximum Gasteiger partial charge on any atom is 0.226 e. The molecule has 27 heavy (non-hydrogen) atoms. The molecular weight excluding hydrogens is 338 g/mol. The Labute approximate surface area is 161 Å². The Balaban J connectivity index is 1.37. The van der Waals surface area contributed by atoms with Crippen molar-refractivity contribution in [3.8, 4) is 5.75 Å². The second-order valence-electron chi connectivity index (χ2n) is 7.46. The van der Waals surface area contributed by atoms with Crippen LogP contribution < -0.4 is 4.74 Å². The standard InChI is InChI=1S/C22H27N3O2/c26-22(20-8-14-27-21-7-2-1-6-19(21)15-20)25-11-4-10-24(12-13-25)17-18-5-3-9-23-16-18/h1-3,5-7,9,16,20H,4,8,10-15,17H2. The van der Waals surface area contributed by atoms with Crippen molar-refractivity contribution in [2.24, 2.45) is 5.92 Å². The minimum absolute atomic E-state index is 0.0264. The van der Waals surface area contributed by atoms with Crippen molar-refractivity contribution in [2.45, 2.75) is 25.8 Å². The van der Waals surface area contributed by atoms with Crippen LogP contribution in [0.3, 0.4) is 0 Å². The summed E-state index contributed by atoms with van der Waals surface area (Å²) in [4.78, 5) is 21.9. The molecule has 2 aliphatic rings. The maximum atomic E-state index is 13.2. The van der Waals surface area contributed by atoms with Gasteiger partial charge in [0.05, 0.1) is 6.61 Å². The molecule has 0 bridgehead atoms. The fourth-order valence-corrected chi connectivity index (χ4v) is 4.06. The lowest BCUT2D eigenvalue weighted by Gasteiger charge is -2.25.